The van der Waals surface area contributed by atoms with Crippen molar-refractivity contribution in [3.05, 3.63) is 23.0 Å². The third kappa shape index (κ3) is 1.77. The van der Waals surface area contributed by atoms with E-state index in [0.717, 1.165) is 5.46 Å². The van der Waals surface area contributed by atoms with Crippen LogP contribution in [0.5, 0.6) is 0 Å². The van der Waals surface area contributed by atoms with Crippen LogP contribution in [0.4, 0.5) is 0 Å². The summed E-state index contributed by atoms with van der Waals surface area (Å²) in [6, 6.07) is 1.64. The van der Waals surface area contributed by atoms with E-state index in [1.54, 1.807) is 12.3 Å². The van der Waals surface area contributed by atoms with Gasteiger partial charge in [-0.2, -0.15) is 0 Å². The van der Waals surface area contributed by atoms with Crippen molar-refractivity contribution in [1.82, 2.24) is 4.98 Å². The lowest BCUT2D eigenvalue weighted by molar-refractivity contribution is 0.0600. The molecule has 3 nitrogen and oxygen atoms in total. The van der Waals surface area contributed by atoms with Gasteiger partial charge in [-0.05, 0) is 6.07 Å². The molecular weight excluding hydrogens is 176 g/mol. The first-order chi connectivity index (χ1) is 5.65. The van der Waals surface area contributed by atoms with Gasteiger partial charge in [0.25, 0.3) is 0 Å². The highest BCUT2D eigenvalue weighted by Crippen LogP contribution is 2.10. The lowest BCUT2D eigenvalue weighted by Gasteiger charge is -2.01. The molecule has 0 aliphatic carbocycles. The Hall–Kier alpha value is -1.03. The zero-order chi connectivity index (χ0) is 9.14. The minimum Gasteiger partial charge on any atom is -0.465 e. The standard InChI is InChI=1S/C7H7BClNO2/c1-12-7(11)5-2-4(8)3-10-6(5)9/h2-3H,8H2,1H3. The first-order valence-electron chi connectivity index (χ1n) is 3.35. The average Bonchev–Trinajstić information content (AvgIpc) is 2.08. The van der Waals surface area contributed by atoms with E-state index in [1.807, 2.05) is 7.85 Å². The fourth-order valence-corrected chi connectivity index (χ4v) is 0.986. The maximum atomic E-state index is 11.0. The Morgan fingerprint density at radius 3 is 3.00 bits per heavy atom. The summed E-state index contributed by atoms with van der Waals surface area (Å²) in [6.07, 6.45) is 1.59. The lowest BCUT2D eigenvalue weighted by atomic mass is 9.97. The van der Waals surface area contributed by atoms with Crippen molar-refractivity contribution in [2.24, 2.45) is 0 Å². The highest BCUT2D eigenvalue weighted by molar-refractivity contribution is 6.35. The summed E-state index contributed by atoms with van der Waals surface area (Å²) < 4.78 is 4.51. The summed E-state index contributed by atoms with van der Waals surface area (Å²) in [5, 5.41) is 0.174. The number of rotatable bonds is 1. The number of carbonyl (C=O) groups is 1. The van der Waals surface area contributed by atoms with Crippen molar-refractivity contribution in [1.29, 1.82) is 0 Å². The topological polar surface area (TPSA) is 39.2 Å². The molecule has 1 aromatic heterocycles. The third-order valence-electron chi connectivity index (χ3n) is 1.38. The van der Waals surface area contributed by atoms with E-state index in [9.17, 15) is 4.79 Å². The number of nitrogens with zero attached hydrogens (tertiary/aromatic N) is 1. The van der Waals surface area contributed by atoms with E-state index in [4.69, 9.17) is 11.6 Å². The van der Waals surface area contributed by atoms with Crippen LogP contribution in [0.2, 0.25) is 5.15 Å². The quantitative estimate of drug-likeness (QED) is 0.343. The molecule has 0 saturated carbocycles. The van der Waals surface area contributed by atoms with Crippen LogP contribution in [0.1, 0.15) is 10.4 Å². The van der Waals surface area contributed by atoms with Crippen molar-refractivity contribution >= 4 is 30.9 Å². The minimum atomic E-state index is -0.462. The van der Waals surface area contributed by atoms with Crippen molar-refractivity contribution in [2.45, 2.75) is 0 Å². The van der Waals surface area contributed by atoms with Crippen molar-refractivity contribution in [3.8, 4) is 0 Å². The predicted molar refractivity (Wildman–Crippen MR) is 48.8 cm³/mol. The molecule has 12 heavy (non-hydrogen) atoms. The van der Waals surface area contributed by atoms with E-state index in [1.165, 1.54) is 7.11 Å². The van der Waals surface area contributed by atoms with Gasteiger partial charge < -0.3 is 4.74 Å². The van der Waals surface area contributed by atoms with Crippen molar-refractivity contribution < 1.29 is 9.53 Å². The van der Waals surface area contributed by atoms with Gasteiger partial charge in [0.2, 0.25) is 0 Å². The van der Waals surface area contributed by atoms with E-state index >= 15 is 0 Å². The average molecular weight is 183 g/mol. The molecule has 0 spiro atoms. The summed E-state index contributed by atoms with van der Waals surface area (Å²) >= 11 is 5.66. The number of ether oxygens (including phenoxy) is 1. The smallest absolute Gasteiger partial charge is 0.340 e. The van der Waals surface area contributed by atoms with Crippen LogP contribution in [-0.4, -0.2) is 25.9 Å². The molecule has 0 aromatic carbocycles. The Labute approximate surface area is 76.1 Å². The molecule has 1 aromatic rings. The first kappa shape index (κ1) is 9.07. The molecule has 0 saturated heterocycles. The Kier molecular flexibility index (Phi) is 2.71. The molecule has 0 amide bonds. The second-order valence-corrected chi connectivity index (χ2v) is 2.70. The molecule has 1 heterocycles. The number of esters is 1. The van der Waals surface area contributed by atoms with Crippen LogP contribution in [0.3, 0.4) is 0 Å². The summed E-state index contributed by atoms with van der Waals surface area (Å²) in [5.41, 5.74) is 1.18. The van der Waals surface area contributed by atoms with Crippen LogP contribution >= 0.6 is 11.6 Å². The predicted octanol–water partition coefficient (Wildman–Crippen LogP) is -0.220. The Bertz CT molecular complexity index is 316. The molecule has 0 unspecified atom stereocenters. The lowest BCUT2D eigenvalue weighted by Crippen LogP contribution is -2.10. The third-order valence-corrected chi connectivity index (χ3v) is 1.68. The van der Waals surface area contributed by atoms with Gasteiger partial charge in [-0.1, -0.05) is 17.1 Å². The number of hydrogen-bond donors (Lipinski definition) is 0. The summed E-state index contributed by atoms with van der Waals surface area (Å²) in [7, 11) is 3.14. The van der Waals surface area contributed by atoms with Gasteiger partial charge in [-0.3, -0.25) is 0 Å². The number of pyridine rings is 1. The van der Waals surface area contributed by atoms with Gasteiger partial charge in [-0.25, -0.2) is 9.78 Å². The molecular formula is C7H7BClNO2. The first-order valence-corrected chi connectivity index (χ1v) is 3.73. The van der Waals surface area contributed by atoms with E-state index in [-0.39, 0.29) is 5.15 Å². The van der Waals surface area contributed by atoms with Gasteiger partial charge >= 0.3 is 5.97 Å². The highest BCUT2D eigenvalue weighted by Gasteiger charge is 2.10. The SMILES string of the molecule is Bc1cnc(Cl)c(C(=O)OC)c1. The Morgan fingerprint density at radius 1 is 1.75 bits per heavy atom. The van der Waals surface area contributed by atoms with Gasteiger partial charge in [0.15, 0.2) is 0 Å². The molecule has 0 aliphatic rings. The van der Waals surface area contributed by atoms with Crippen LogP contribution in [0.15, 0.2) is 12.3 Å². The highest BCUT2D eigenvalue weighted by atomic mass is 35.5. The fraction of sp³-hybridized carbons (Fsp3) is 0.143. The molecule has 62 valence electrons. The number of aromatic nitrogens is 1. The van der Waals surface area contributed by atoms with Gasteiger partial charge in [0.1, 0.15) is 13.0 Å². The molecule has 0 atom stereocenters. The molecule has 0 radical (unpaired) electrons. The largest absolute Gasteiger partial charge is 0.465 e. The van der Waals surface area contributed by atoms with Gasteiger partial charge in [-0.15, -0.1) is 0 Å². The van der Waals surface area contributed by atoms with E-state index in [0.29, 0.717) is 5.56 Å². The summed E-state index contributed by atoms with van der Waals surface area (Å²) in [4.78, 5) is 14.9. The molecule has 0 bridgehead atoms. The van der Waals surface area contributed by atoms with Crippen LogP contribution < -0.4 is 5.46 Å². The van der Waals surface area contributed by atoms with Gasteiger partial charge in [0.05, 0.1) is 12.7 Å². The fourth-order valence-electron chi connectivity index (χ4n) is 0.806. The maximum Gasteiger partial charge on any atom is 0.340 e. The Morgan fingerprint density at radius 2 is 2.42 bits per heavy atom. The second kappa shape index (κ2) is 3.58. The van der Waals surface area contributed by atoms with E-state index in [2.05, 4.69) is 9.72 Å². The monoisotopic (exact) mass is 183 g/mol. The van der Waals surface area contributed by atoms with Crippen molar-refractivity contribution in [2.75, 3.05) is 7.11 Å². The zero-order valence-electron chi connectivity index (χ0n) is 6.80. The summed E-state index contributed by atoms with van der Waals surface area (Å²) in [5.74, 6) is -0.462. The number of hydrogen-bond acceptors (Lipinski definition) is 3. The number of methoxy groups -OCH3 is 1. The molecule has 5 heteroatoms. The maximum absolute atomic E-state index is 11.0. The molecule has 0 aliphatic heterocycles. The number of carbonyl (C=O) groups excluding carboxylic acids is 1. The zero-order valence-corrected chi connectivity index (χ0v) is 7.55. The van der Waals surface area contributed by atoms with Crippen LogP contribution in [0.25, 0.3) is 0 Å². The molecule has 1 rings (SSSR count). The van der Waals surface area contributed by atoms with Crippen LogP contribution in [0, 0.1) is 0 Å². The van der Waals surface area contributed by atoms with E-state index < -0.39 is 5.97 Å². The molecule has 0 fully saturated rings. The van der Waals surface area contributed by atoms with Crippen LogP contribution in [-0.2, 0) is 4.74 Å². The summed E-state index contributed by atoms with van der Waals surface area (Å²) in [6.45, 7) is 0. The molecule has 0 N–H and O–H groups in total. The van der Waals surface area contributed by atoms with Gasteiger partial charge in [0, 0.05) is 6.20 Å². The Balaban J connectivity index is 3.13. The second-order valence-electron chi connectivity index (χ2n) is 2.34. The minimum absolute atomic E-state index is 0.174. The number of halogens is 1. The van der Waals surface area contributed by atoms with Crippen molar-refractivity contribution in [3.63, 3.8) is 0 Å². The normalized spacial score (nSPS) is 9.50.